The minimum Gasteiger partial charge on any atom is -0.314 e. The highest BCUT2D eigenvalue weighted by Crippen LogP contribution is 2.43. The van der Waals surface area contributed by atoms with Crippen LogP contribution in [0.5, 0.6) is 0 Å². The summed E-state index contributed by atoms with van der Waals surface area (Å²) in [7, 11) is -3.11. The van der Waals surface area contributed by atoms with Gasteiger partial charge in [-0.05, 0) is 24.3 Å². The molecule has 4 rings (SSSR count). The first-order valence-electron chi connectivity index (χ1n) is 8.03. The number of aliphatic imine (C=N–C) groups is 1. The first-order valence-corrected chi connectivity index (χ1v) is 11.1. The number of para-hydroxylation sites is 1. The Morgan fingerprint density at radius 2 is 1.77 bits per heavy atom. The quantitative estimate of drug-likeness (QED) is 0.765. The maximum Gasteiger partial charge on any atom is 0.279 e. The maximum absolute atomic E-state index is 12.5. The van der Waals surface area contributed by atoms with Crippen LogP contribution in [0.25, 0.3) is 0 Å². The lowest BCUT2D eigenvalue weighted by Crippen LogP contribution is -2.37. The Balaban J connectivity index is 1.75. The van der Waals surface area contributed by atoms with Gasteiger partial charge >= 0.3 is 0 Å². The van der Waals surface area contributed by atoms with Crippen LogP contribution in [-0.2, 0) is 9.84 Å². The molecule has 2 aliphatic heterocycles. The van der Waals surface area contributed by atoms with Crippen molar-refractivity contribution in [2.24, 2.45) is 4.99 Å². The number of carbonyl (C=O) groups excluding carboxylic acids is 1. The monoisotopic (exact) mass is 406 g/mol. The van der Waals surface area contributed by atoms with Crippen molar-refractivity contribution in [1.29, 1.82) is 0 Å². The highest BCUT2D eigenvalue weighted by atomic mass is 35.5. The van der Waals surface area contributed by atoms with E-state index in [1.165, 1.54) is 11.8 Å². The van der Waals surface area contributed by atoms with Crippen molar-refractivity contribution in [1.82, 2.24) is 0 Å². The number of anilines is 1. The van der Waals surface area contributed by atoms with Crippen LogP contribution in [-0.4, -0.2) is 42.3 Å². The van der Waals surface area contributed by atoms with Gasteiger partial charge in [-0.1, -0.05) is 53.7 Å². The number of halogens is 1. The van der Waals surface area contributed by atoms with Crippen LogP contribution in [0.15, 0.2) is 59.6 Å². The average molecular weight is 407 g/mol. The molecule has 2 heterocycles. The minimum absolute atomic E-state index is 0.0361. The third-order valence-electron chi connectivity index (χ3n) is 4.40. The SMILES string of the molecule is O=C(N=C1S[C@H]2CS(=O)(=O)C[C@H]2N1c1ccccc1Cl)c1ccccc1. The molecule has 0 spiro atoms. The van der Waals surface area contributed by atoms with Gasteiger partial charge in [0.15, 0.2) is 15.0 Å². The van der Waals surface area contributed by atoms with Gasteiger partial charge in [0.25, 0.3) is 5.91 Å². The predicted octanol–water partition coefficient (Wildman–Crippen LogP) is 3.26. The predicted molar refractivity (Wildman–Crippen MR) is 106 cm³/mol. The lowest BCUT2D eigenvalue weighted by molar-refractivity contribution is 0.100. The Morgan fingerprint density at radius 1 is 1.08 bits per heavy atom. The Bertz CT molecular complexity index is 993. The van der Waals surface area contributed by atoms with Gasteiger partial charge < -0.3 is 4.90 Å². The number of carbonyl (C=O) groups is 1. The normalized spacial score (nSPS) is 25.4. The summed E-state index contributed by atoms with van der Waals surface area (Å²) in [4.78, 5) is 18.6. The number of benzene rings is 2. The first-order chi connectivity index (χ1) is 12.4. The van der Waals surface area contributed by atoms with Crippen LogP contribution in [0, 0.1) is 0 Å². The third-order valence-corrected chi connectivity index (χ3v) is 7.93. The second-order valence-corrected chi connectivity index (χ2v) is 9.95. The number of amidine groups is 1. The summed E-state index contributed by atoms with van der Waals surface area (Å²) in [5, 5.41) is 0.841. The van der Waals surface area contributed by atoms with Crippen molar-refractivity contribution in [3.05, 3.63) is 65.2 Å². The highest BCUT2D eigenvalue weighted by molar-refractivity contribution is 8.16. The number of sulfone groups is 1. The molecule has 0 saturated carbocycles. The molecule has 2 aliphatic rings. The molecule has 0 aromatic heterocycles. The first kappa shape index (κ1) is 17.6. The minimum atomic E-state index is -3.11. The van der Waals surface area contributed by atoms with Crippen LogP contribution in [0.4, 0.5) is 5.69 Å². The summed E-state index contributed by atoms with van der Waals surface area (Å²) in [6.45, 7) is 0. The number of fused-ring (bicyclic) bond motifs is 1. The lowest BCUT2D eigenvalue weighted by atomic mass is 10.2. The summed E-state index contributed by atoms with van der Waals surface area (Å²) < 4.78 is 24.2. The van der Waals surface area contributed by atoms with Crippen molar-refractivity contribution in [3.63, 3.8) is 0 Å². The molecule has 2 aromatic rings. The molecular weight excluding hydrogens is 392 g/mol. The fourth-order valence-corrected chi connectivity index (χ4v) is 7.36. The van der Waals surface area contributed by atoms with Gasteiger partial charge in [0, 0.05) is 10.8 Å². The fourth-order valence-electron chi connectivity index (χ4n) is 3.23. The van der Waals surface area contributed by atoms with E-state index < -0.39 is 9.84 Å². The van der Waals surface area contributed by atoms with Crippen molar-refractivity contribution < 1.29 is 13.2 Å². The molecule has 26 heavy (non-hydrogen) atoms. The van der Waals surface area contributed by atoms with Gasteiger partial charge in [-0.2, -0.15) is 4.99 Å². The van der Waals surface area contributed by atoms with Crippen molar-refractivity contribution >= 4 is 50.0 Å². The summed E-state index contributed by atoms with van der Waals surface area (Å²) in [6, 6.07) is 15.7. The number of rotatable bonds is 2. The second kappa shape index (κ2) is 6.72. The maximum atomic E-state index is 12.5. The average Bonchev–Trinajstić information content (AvgIpc) is 3.07. The van der Waals surface area contributed by atoms with E-state index in [0.29, 0.717) is 21.4 Å². The molecule has 0 aliphatic carbocycles. The van der Waals surface area contributed by atoms with Crippen molar-refractivity contribution in [3.8, 4) is 0 Å². The third kappa shape index (κ3) is 3.26. The largest absolute Gasteiger partial charge is 0.314 e. The smallest absolute Gasteiger partial charge is 0.279 e. The molecule has 2 saturated heterocycles. The summed E-state index contributed by atoms with van der Waals surface area (Å²) >= 11 is 7.68. The molecule has 2 aromatic carbocycles. The molecular formula is C18H15ClN2O3S2. The van der Waals surface area contributed by atoms with Crippen LogP contribution >= 0.6 is 23.4 Å². The van der Waals surface area contributed by atoms with E-state index in [2.05, 4.69) is 4.99 Å². The molecule has 2 fully saturated rings. The molecule has 0 N–H and O–H groups in total. The van der Waals surface area contributed by atoms with Crippen molar-refractivity contribution in [2.45, 2.75) is 11.3 Å². The molecule has 5 nitrogen and oxygen atoms in total. The second-order valence-electron chi connectivity index (χ2n) is 6.19. The number of hydrogen-bond acceptors (Lipinski definition) is 4. The van der Waals surface area contributed by atoms with E-state index in [1.807, 2.05) is 29.2 Å². The Morgan fingerprint density at radius 3 is 2.50 bits per heavy atom. The number of hydrogen-bond donors (Lipinski definition) is 0. The van der Waals surface area contributed by atoms with E-state index in [0.717, 1.165) is 0 Å². The number of thioether (sulfide) groups is 1. The summed E-state index contributed by atoms with van der Waals surface area (Å²) in [6.07, 6.45) is 0. The highest BCUT2D eigenvalue weighted by Gasteiger charge is 2.49. The summed E-state index contributed by atoms with van der Waals surface area (Å²) in [5.74, 6) is -0.232. The van der Waals surface area contributed by atoms with Crippen LogP contribution in [0.3, 0.4) is 0 Å². The van der Waals surface area contributed by atoms with Crippen molar-refractivity contribution in [2.75, 3.05) is 16.4 Å². The molecule has 2 atom stereocenters. The van der Waals surface area contributed by atoms with E-state index in [4.69, 9.17) is 11.6 Å². The molecule has 0 radical (unpaired) electrons. The fraction of sp³-hybridized carbons (Fsp3) is 0.222. The Labute approximate surface area is 161 Å². The number of amides is 1. The van der Waals surface area contributed by atoms with Gasteiger partial charge in [0.05, 0.1) is 28.3 Å². The van der Waals surface area contributed by atoms with E-state index in [9.17, 15) is 13.2 Å². The Kier molecular flexibility index (Phi) is 4.54. The molecule has 134 valence electrons. The molecule has 0 bridgehead atoms. The van der Waals surface area contributed by atoms with Crippen LogP contribution in [0.2, 0.25) is 5.02 Å². The molecule has 8 heteroatoms. The van der Waals surface area contributed by atoms with Gasteiger partial charge in [-0.25, -0.2) is 8.42 Å². The van der Waals surface area contributed by atoms with Gasteiger partial charge in [0.1, 0.15) is 0 Å². The van der Waals surface area contributed by atoms with Crippen LogP contribution < -0.4 is 4.90 Å². The standard InChI is InChI=1S/C18H15ClN2O3S2/c19-13-8-4-5-9-14(13)21-15-10-26(23,24)11-16(15)25-18(21)20-17(22)12-6-2-1-3-7-12/h1-9,15-16H,10-11H2/t15-,16+/m1/s1. The molecule has 1 amide bonds. The van der Waals surface area contributed by atoms with E-state index >= 15 is 0 Å². The molecule has 0 unspecified atom stereocenters. The zero-order chi connectivity index (χ0) is 18.3. The van der Waals surface area contributed by atoms with Crippen LogP contribution in [0.1, 0.15) is 10.4 Å². The number of nitrogens with zero attached hydrogens (tertiary/aromatic N) is 2. The zero-order valence-electron chi connectivity index (χ0n) is 13.6. The topological polar surface area (TPSA) is 66.8 Å². The summed E-state index contributed by atoms with van der Waals surface area (Å²) in [5.41, 5.74) is 1.16. The van der Waals surface area contributed by atoms with E-state index in [-0.39, 0.29) is 28.7 Å². The zero-order valence-corrected chi connectivity index (χ0v) is 16.0. The van der Waals surface area contributed by atoms with Gasteiger partial charge in [0.2, 0.25) is 0 Å². The Hall–Kier alpha value is -1.83. The van der Waals surface area contributed by atoms with E-state index in [1.54, 1.807) is 30.3 Å². The lowest BCUT2D eigenvalue weighted by Gasteiger charge is -2.25. The van der Waals surface area contributed by atoms with Gasteiger partial charge in [-0.3, -0.25) is 4.79 Å². The van der Waals surface area contributed by atoms with Gasteiger partial charge in [-0.15, -0.1) is 0 Å².